The van der Waals surface area contributed by atoms with E-state index in [0.29, 0.717) is 6.54 Å². The van der Waals surface area contributed by atoms with Gasteiger partial charge >= 0.3 is 0 Å². The van der Waals surface area contributed by atoms with E-state index in [2.05, 4.69) is 5.32 Å². The largest absolute Gasteiger partial charge is 0.354 e. The maximum absolute atomic E-state index is 14.0. The fraction of sp³-hybridized carbons (Fsp3) is 0.333. The molecule has 3 aromatic rings. The number of unbranched alkanes of at least 4 members (excludes halogenated alkanes) is 1. The predicted molar refractivity (Wildman–Crippen MR) is 157 cm³/mol. The third-order valence-electron chi connectivity index (χ3n) is 6.34. The van der Waals surface area contributed by atoms with Crippen LogP contribution >= 0.6 is 11.6 Å². The van der Waals surface area contributed by atoms with E-state index in [1.165, 1.54) is 4.90 Å². The Kier molecular flexibility index (Phi) is 10.9. The van der Waals surface area contributed by atoms with Gasteiger partial charge in [0, 0.05) is 19.5 Å². The molecule has 0 saturated heterocycles. The summed E-state index contributed by atoms with van der Waals surface area (Å²) in [5, 5.41) is 3.18. The van der Waals surface area contributed by atoms with Crippen molar-refractivity contribution in [3.8, 4) is 0 Å². The molecule has 0 aliphatic heterocycles. The summed E-state index contributed by atoms with van der Waals surface area (Å²) in [4.78, 5) is 29.1. The van der Waals surface area contributed by atoms with Crippen molar-refractivity contribution in [2.75, 3.05) is 23.7 Å². The molecule has 0 aromatic heterocycles. The maximum Gasteiger partial charge on any atom is 0.244 e. The van der Waals surface area contributed by atoms with Gasteiger partial charge in [0.15, 0.2) is 0 Å². The van der Waals surface area contributed by atoms with Crippen LogP contribution in [0.1, 0.15) is 36.5 Å². The summed E-state index contributed by atoms with van der Waals surface area (Å²) in [5.74, 6) is -0.787. The Morgan fingerprint density at radius 2 is 1.62 bits per heavy atom. The third kappa shape index (κ3) is 8.83. The number of hydrogen-bond donors (Lipinski definition) is 1. The van der Waals surface area contributed by atoms with Crippen LogP contribution in [0.25, 0.3) is 0 Å². The van der Waals surface area contributed by atoms with Gasteiger partial charge in [0.1, 0.15) is 12.6 Å². The number of benzene rings is 3. The number of sulfonamides is 1. The third-order valence-corrected chi connectivity index (χ3v) is 7.78. The monoisotopic (exact) mass is 569 g/mol. The molecular weight excluding hydrogens is 534 g/mol. The molecule has 3 aromatic carbocycles. The van der Waals surface area contributed by atoms with E-state index in [4.69, 9.17) is 11.6 Å². The Hall–Kier alpha value is -3.36. The highest BCUT2D eigenvalue weighted by molar-refractivity contribution is 7.92. The van der Waals surface area contributed by atoms with Crippen LogP contribution in [0.4, 0.5) is 5.69 Å². The number of rotatable bonds is 13. The lowest BCUT2D eigenvalue weighted by Crippen LogP contribution is -2.53. The second-order valence-electron chi connectivity index (χ2n) is 9.58. The van der Waals surface area contributed by atoms with E-state index >= 15 is 0 Å². The van der Waals surface area contributed by atoms with E-state index in [-0.39, 0.29) is 29.6 Å². The number of carbonyl (C=O) groups excluding carboxylic acids is 2. The smallest absolute Gasteiger partial charge is 0.244 e. The lowest BCUT2D eigenvalue weighted by atomic mass is 10.0. The Labute approximate surface area is 236 Å². The minimum atomic E-state index is -3.87. The quantitative estimate of drug-likeness (QED) is 0.294. The number of carbonyl (C=O) groups is 2. The SMILES string of the molecule is CCCCNC(=O)[C@H](Cc1ccccc1)N(Cc1cccc(C)c1)C(=O)CN(c1ccccc1Cl)S(C)(=O)=O. The van der Waals surface area contributed by atoms with Crippen molar-refractivity contribution in [2.24, 2.45) is 0 Å². The van der Waals surface area contributed by atoms with Crippen molar-refractivity contribution in [3.05, 3.63) is 101 Å². The van der Waals surface area contributed by atoms with Gasteiger partial charge in [-0.3, -0.25) is 13.9 Å². The van der Waals surface area contributed by atoms with Crippen LogP contribution in [-0.4, -0.2) is 50.5 Å². The number of amides is 2. The summed E-state index contributed by atoms with van der Waals surface area (Å²) in [7, 11) is -3.87. The first-order valence-corrected chi connectivity index (χ1v) is 15.2. The number of anilines is 1. The lowest BCUT2D eigenvalue weighted by Gasteiger charge is -2.33. The van der Waals surface area contributed by atoms with Crippen LogP contribution in [0.5, 0.6) is 0 Å². The minimum Gasteiger partial charge on any atom is -0.354 e. The first-order chi connectivity index (χ1) is 18.6. The van der Waals surface area contributed by atoms with E-state index in [0.717, 1.165) is 40.1 Å². The molecule has 0 aliphatic carbocycles. The number of hydrogen-bond acceptors (Lipinski definition) is 4. The zero-order chi connectivity index (χ0) is 28.4. The zero-order valence-corrected chi connectivity index (χ0v) is 24.2. The van der Waals surface area contributed by atoms with Crippen molar-refractivity contribution in [1.29, 1.82) is 0 Å². The number of aryl methyl sites for hydroxylation is 1. The van der Waals surface area contributed by atoms with Gasteiger partial charge in [-0.15, -0.1) is 0 Å². The van der Waals surface area contributed by atoms with Gasteiger partial charge < -0.3 is 10.2 Å². The summed E-state index contributed by atoms with van der Waals surface area (Å²) < 4.78 is 26.7. The van der Waals surface area contributed by atoms with E-state index in [1.807, 2.05) is 68.4 Å². The van der Waals surface area contributed by atoms with E-state index < -0.39 is 28.5 Å². The van der Waals surface area contributed by atoms with Gasteiger partial charge in [0.05, 0.1) is 17.0 Å². The molecule has 1 atom stereocenters. The zero-order valence-electron chi connectivity index (χ0n) is 22.6. The highest BCUT2D eigenvalue weighted by Gasteiger charge is 2.33. The Bertz CT molecular complexity index is 1370. The lowest BCUT2D eigenvalue weighted by molar-refractivity contribution is -0.140. The highest BCUT2D eigenvalue weighted by Crippen LogP contribution is 2.27. The van der Waals surface area contributed by atoms with Crippen molar-refractivity contribution in [1.82, 2.24) is 10.2 Å². The van der Waals surface area contributed by atoms with E-state index in [1.54, 1.807) is 24.3 Å². The summed E-state index contributed by atoms with van der Waals surface area (Å²) in [5.41, 5.74) is 2.95. The summed E-state index contributed by atoms with van der Waals surface area (Å²) in [6.45, 7) is 4.12. The molecule has 0 fully saturated rings. The molecule has 1 N–H and O–H groups in total. The van der Waals surface area contributed by atoms with Crippen LogP contribution in [0.3, 0.4) is 0 Å². The number of nitrogens with zero attached hydrogens (tertiary/aromatic N) is 2. The average molecular weight is 570 g/mol. The molecule has 0 heterocycles. The van der Waals surface area contributed by atoms with Crippen LogP contribution in [0.2, 0.25) is 5.02 Å². The summed E-state index contributed by atoms with van der Waals surface area (Å²) in [6, 6.07) is 22.8. The van der Waals surface area contributed by atoms with Crippen LogP contribution in [0.15, 0.2) is 78.9 Å². The second-order valence-corrected chi connectivity index (χ2v) is 11.9. The van der Waals surface area contributed by atoms with Crippen molar-refractivity contribution in [3.63, 3.8) is 0 Å². The minimum absolute atomic E-state index is 0.138. The Balaban J connectivity index is 2.04. The van der Waals surface area contributed by atoms with Gasteiger partial charge in [0.2, 0.25) is 21.8 Å². The fourth-order valence-electron chi connectivity index (χ4n) is 4.32. The van der Waals surface area contributed by atoms with Gasteiger partial charge in [-0.2, -0.15) is 0 Å². The average Bonchev–Trinajstić information content (AvgIpc) is 2.90. The van der Waals surface area contributed by atoms with Crippen molar-refractivity contribution < 1.29 is 18.0 Å². The molecule has 0 radical (unpaired) electrons. The Morgan fingerprint density at radius 3 is 2.26 bits per heavy atom. The van der Waals surface area contributed by atoms with Crippen LogP contribution < -0.4 is 9.62 Å². The molecule has 7 nitrogen and oxygen atoms in total. The van der Waals surface area contributed by atoms with Gasteiger partial charge in [-0.05, 0) is 36.6 Å². The normalized spacial score (nSPS) is 12.0. The molecule has 0 aliphatic rings. The molecule has 0 spiro atoms. The fourth-order valence-corrected chi connectivity index (χ4v) is 5.47. The second kappa shape index (κ2) is 14.1. The topological polar surface area (TPSA) is 86.8 Å². The molecule has 208 valence electrons. The number of halogens is 1. The number of nitrogens with one attached hydrogen (secondary N) is 1. The van der Waals surface area contributed by atoms with Gasteiger partial charge in [-0.1, -0.05) is 97.2 Å². The van der Waals surface area contributed by atoms with Crippen LogP contribution in [-0.2, 0) is 32.6 Å². The predicted octanol–water partition coefficient (Wildman–Crippen LogP) is 4.97. The molecular formula is C30H36ClN3O4S. The maximum atomic E-state index is 14.0. The molecule has 0 bridgehead atoms. The highest BCUT2D eigenvalue weighted by atomic mass is 35.5. The first kappa shape index (κ1) is 30.2. The molecule has 0 saturated carbocycles. The molecule has 0 unspecified atom stereocenters. The molecule has 39 heavy (non-hydrogen) atoms. The molecule has 2 amide bonds. The molecule has 3 rings (SSSR count). The van der Waals surface area contributed by atoms with Gasteiger partial charge in [0.25, 0.3) is 0 Å². The van der Waals surface area contributed by atoms with Crippen molar-refractivity contribution in [2.45, 2.75) is 45.7 Å². The first-order valence-electron chi connectivity index (χ1n) is 13.0. The van der Waals surface area contributed by atoms with Gasteiger partial charge in [-0.25, -0.2) is 8.42 Å². The summed E-state index contributed by atoms with van der Waals surface area (Å²) in [6.07, 6.45) is 3.04. The number of para-hydroxylation sites is 1. The summed E-state index contributed by atoms with van der Waals surface area (Å²) >= 11 is 6.33. The Morgan fingerprint density at radius 1 is 0.949 bits per heavy atom. The van der Waals surface area contributed by atoms with Crippen molar-refractivity contribution >= 4 is 39.1 Å². The standard InChI is InChI=1S/C30H36ClN3O4S/c1-4-5-18-32-30(36)28(20-24-13-7-6-8-14-24)33(21-25-15-11-12-23(2)19-25)29(35)22-34(39(3,37)38)27-17-10-9-16-26(27)31/h6-17,19,28H,4-5,18,20-22H2,1-3H3,(H,32,36)/t28-/m0/s1. The molecule has 9 heteroatoms. The van der Waals surface area contributed by atoms with E-state index in [9.17, 15) is 18.0 Å². The van der Waals surface area contributed by atoms with Crippen LogP contribution in [0, 0.1) is 6.92 Å².